The molecule has 200 valence electrons. The van der Waals surface area contributed by atoms with Gasteiger partial charge in [0.25, 0.3) is 6.01 Å². The summed E-state index contributed by atoms with van der Waals surface area (Å²) < 4.78 is 48.7. The Kier molecular flexibility index (Phi) is 6.69. The van der Waals surface area contributed by atoms with Crippen LogP contribution >= 0.6 is 0 Å². The zero-order valence-corrected chi connectivity index (χ0v) is 21.1. The van der Waals surface area contributed by atoms with Gasteiger partial charge in [0.2, 0.25) is 0 Å². The lowest BCUT2D eigenvalue weighted by atomic mass is 9.89. The normalized spacial score (nSPS) is 22.2. The van der Waals surface area contributed by atoms with Gasteiger partial charge in [-0.05, 0) is 50.8 Å². The zero-order valence-electron chi connectivity index (χ0n) is 21.1. The third kappa shape index (κ3) is 5.07. The van der Waals surface area contributed by atoms with Crippen molar-refractivity contribution in [1.82, 2.24) is 24.9 Å². The van der Waals surface area contributed by atoms with E-state index in [0.29, 0.717) is 12.1 Å². The van der Waals surface area contributed by atoms with Crippen molar-refractivity contribution < 1.29 is 17.6 Å². The fourth-order valence-electron chi connectivity index (χ4n) is 5.66. The van der Waals surface area contributed by atoms with Crippen molar-refractivity contribution >= 4 is 17.3 Å². The standard InChI is InChI=1S/C27H30F3N7O/c1-16-32-26-9-8-18(15-37(26)35-16)36-10-4-5-17(14-36)33-23-6-2-3-7-24(23)34-27-31-13-25(38-27)19-11-21(29)22(30)12-20(19)28/h8-9,11-13,15,17,23-24,33H,2-7,10,14H2,1H3,(H,31,34). The fourth-order valence-corrected chi connectivity index (χ4v) is 5.66. The van der Waals surface area contributed by atoms with Crippen molar-refractivity contribution in [2.24, 2.45) is 0 Å². The smallest absolute Gasteiger partial charge is 0.295 e. The van der Waals surface area contributed by atoms with Crippen molar-refractivity contribution in [2.45, 2.75) is 63.6 Å². The van der Waals surface area contributed by atoms with Gasteiger partial charge >= 0.3 is 0 Å². The summed E-state index contributed by atoms with van der Waals surface area (Å²) in [5.41, 5.74) is 1.81. The summed E-state index contributed by atoms with van der Waals surface area (Å²) in [6.07, 6.45) is 9.70. The van der Waals surface area contributed by atoms with E-state index in [1.807, 2.05) is 23.7 Å². The minimum absolute atomic E-state index is 0.0479. The van der Waals surface area contributed by atoms with E-state index in [-0.39, 0.29) is 29.4 Å². The lowest BCUT2D eigenvalue weighted by Crippen LogP contribution is -2.54. The molecular weight excluding hydrogens is 495 g/mol. The van der Waals surface area contributed by atoms with Gasteiger partial charge in [-0.15, -0.1) is 0 Å². The van der Waals surface area contributed by atoms with Crippen molar-refractivity contribution in [3.8, 4) is 11.3 Å². The summed E-state index contributed by atoms with van der Waals surface area (Å²) in [4.78, 5) is 11.0. The number of aromatic nitrogens is 4. The monoisotopic (exact) mass is 525 g/mol. The molecule has 4 aromatic rings. The maximum Gasteiger partial charge on any atom is 0.295 e. The number of anilines is 2. The molecule has 2 N–H and O–H groups in total. The van der Waals surface area contributed by atoms with Gasteiger partial charge in [0, 0.05) is 37.3 Å². The predicted octanol–water partition coefficient (Wildman–Crippen LogP) is 5.09. The third-order valence-electron chi connectivity index (χ3n) is 7.51. The molecule has 0 spiro atoms. The number of rotatable bonds is 6. The molecule has 2 aliphatic rings. The van der Waals surface area contributed by atoms with Crippen molar-refractivity contribution in [2.75, 3.05) is 23.3 Å². The highest BCUT2D eigenvalue weighted by atomic mass is 19.2. The molecule has 8 nitrogen and oxygen atoms in total. The first-order chi connectivity index (χ1) is 18.4. The van der Waals surface area contributed by atoms with E-state index in [1.165, 1.54) is 6.20 Å². The van der Waals surface area contributed by atoms with E-state index in [9.17, 15) is 13.2 Å². The third-order valence-corrected chi connectivity index (χ3v) is 7.51. The quantitative estimate of drug-likeness (QED) is 0.339. The molecule has 1 saturated heterocycles. The number of pyridine rings is 1. The molecule has 2 fully saturated rings. The molecule has 0 amide bonds. The van der Waals surface area contributed by atoms with Crippen LogP contribution in [-0.4, -0.2) is 50.8 Å². The number of hydrogen-bond donors (Lipinski definition) is 2. The topological polar surface area (TPSA) is 83.5 Å². The SMILES string of the molecule is Cc1nc2ccc(N3CCCC(NC4CCCCC4Nc4ncc(-c5cc(F)c(F)cc5F)o4)C3)cn2n1. The van der Waals surface area contributed by atoms with Gasteiger partial charge in [-0.2, -0.15) is 5.10 Å². The summed E-state index contributed by atoms with van der Waals surface area (Å²) in [6.45, 7) is 3.77. The number of piperidine rings is 1. The van der Waals surface area contributed by atoms with Gasteiger partial charge in [0.15, 0.2) is 23.0 Å². The van der Waals surface area contributed by atoms with Crippen LogP contribution in [0.2, 0.25) is 0 Å². The van der Waals surface area contributed by atoms with Crippen molar-refractivity contribution in [1.29, 1.82) is 0 Å². The second kappa shape index (κ2) is 10.3. The van der Waals surface area contributed by atoms with Gasteiger partial charge in [0.1, 0.15) is 11.6 Å². The largest absolute Gasteiger partial charge is 0.423 e. The van der Waals surface area contributed by atoms with Crippen molar-refractivity contribution in [3.05, 3.63) is 59.9 Å². The van der Waals surface area contributed by atoms with E-state index in [0.717, 1.165) is 74.8 Å². The van der Waals surface area contributed by atoms with Crippen LogP contribution in [0.15, 0.2) is 41.1 Å². The first kappa shape index (κ1) is 24.7. The average molecular weight is 526 g/mol. The van der Waals surface area contributed by atoms with Crippen LogP contribution in [0.25, 0.3) is 17.0 Å². The predicted molar refractivity (Wildman–Crippen MR) is 138 cm³/mol. The Morgan fingerprint density at radius 2 is 1.79 bits per heavy atom. The molecule has 0 radical (unpaired) electrons. The molecule has 11 heteroatoms. The Morgan fingerprint density at radius 3 is 2.66 bits per heavy atom. The molecule has 3 unspecified atom stereocenters. The summed E-state index contributed by atoms with van der Waals surface area (Å²) in [6, 6.07) is 6.26. The Morgan fingerprint density at radius 1 is 0.974 bits per heavy atom. The highest BCUT2D eigenvalue weighted by Gasteiger charge is 2.30. The minimum atomic E-state index is -1.24. The van der Waals surface area contributed by atoms with Crippen LogP contribution in [0.1, 0.15) is 44.3 Å². The molecule has 3 atom stereocenters. The van der Waals surface area contributed by atoms with E-state index in [4.69, 9.17) is 4.42 Å². The maximum atomic E-state index is 14.2. The van der Waals surface area contributed by atoms with Gasteiger partial charge in [-0.3, -0.25) is 0 Å². The molecule has 4 heterocycles. The Balaban J connectivity index is 1.12. The average Bonchev–Trinajstić information content (AvgIpc) is 3.52. The summed E-state index contributed by atoms with van der Waals surface area (Å²) in [7, 11) is 0. The number of nitrogens with zero attached hydrogens (tertiary/aromatic N) is 5. The van der Waals surface area contributed by atoms with Crippen LogP contribution in [0.3, 0.4) is 0 Å². The fraction of sp³-hybridized carbons (Fsp3) is 0.444. The number of nitrogens with one attached hydrogen (secondary N) is 2. The second-order valence-corrected chi connectivity index (χ2v) is 10.2. The van der Waals surface area contributed by atoms with Crippen LogP contribution in [0.4, 0.5) is 24.9 Å². The number of halogens is 3. The second-order valence-electron chi connectivity index (χ2n) is 10.2. The Hall–Kier alpha value is -3.60. The molecule has 3 aromatic heterocycles. The number of benzene rings is 1. The van der Waals surface area contributed by atoms with Crippen LogP contribution in [0.5, 0.6) is 0 Å². The molecule has 6 rings (SSSR count). The van der Waals surface area contributed by atoms with Gasteiger partial charge in [-0.1, -0.05) is 12.8 Å². The molecule has 1 aromatic carbocycles. The van der Waals surface area contributed by atoms with E-state index >= 15 is 0 Å². The molecule has 38 heavy (non-hydrogen) atoms. The lowest BCUT2D eigenvalue weighted by Gasteiger charge is -2.40. The molecule has 1 aliphatic heterocycles. The molecule has 1 saturated carbocycles. The first-order valence-corrected chi connectivity index (χ1v) is 13.1. The van der Waals surface area contributed by atoms with E-state index < -0.39 is 17.5 Å². The van der Waals surface area contributed by atoms with Crippen LogP contribution in [-0.2, 0) is 0 Å². The number of aryl methyl sites for hydroxylation is 1. The summed E-state index contributed by atoms with van der Waals surface area (Å²) in [5.74, 6) is -2.47. The van der Waals surface area contributed by atoms with Crippen LogP contribution in [0, 0.1) is 24.4 Å². The Labute approximate surface area is 218 Å². The van der Waals surface area contributed by atoms with Crippen LogP contribution < -0.4 is 15.5 Å². The number of oxazole rings is 1. The highest BCUT2D eigenvalue weighted by Crippen LogP contribution is 2.30. The molecular formula is C27H30F3N7O. The first-order valence-electron chi connectivity index (χ1n) is 13.1. The number of fused-ring (bicyclic) bond motifs is 1. The van der Waals surface area contributed by atoms with E-state index in [1.54, 1.807) is 0 Å². The molecule has 0 bridgehead atoms. The lowest BCUT2D eigenvalue weighted by molar-refractivity contribution is 0.290. The van der Waals surface area contributed by atoms with E-state index in [2.05, 4.69) is 36.7 Å². The number of hydrogen-bond acceptors (Lipinski definition) is 7. The maximum absolute atomic E-state index is 14.2. The van der Waals surface area contributed by atoms with Crippen molar-refractivity contribution in [3.63, 3.8) is 0 Å². The van der Waals surface area contributed by atoms with Gasteiger partial charge < -0.3 is 20.0 Å². The Bertz CT molecular complexity index is 1440. The molecule has 1 aliphatic carbocycles. The minimum Gasteiger partial charge on any atom is -0.423 e. The highest BCUT2D eigenvalue weighted by molar-refractivity contribution is 5.58. The van der Waals surface area contributed by atoms with Gasteiger partial charge in [-0.25, -0.2) is 27.7 Å². The summed E-state index contributed by atoms with van der Waals surface area (Å²) >= 11 is 0. The zero-order chi connectivity index (χ0) is 26.2. The van der Waals surface area contributed by atoms with Gasteiger partial charge in [0.05, 0.1) is 23.6 Å². The summed E-state index contributed by atoms with van der Waals surface area (Å²) in [5, 5.41) is 11.7.